The van der Waals surface area contributed by atoms with Crippen LogP contribution in [0.1, 0.15) is 12.5 Å². The van der Waals surface area contributed by atoms with Crippen molar-refractivity contribution < 1.29 is 24.0 Å². The van der Waals surface area contributed by atoms with Crippen LogP contribution in [0.5, 0.6) is 5.75 Å². The van der Waals surface area contributed by atoms with Crippen molar-refractivity contribution >= 4 is 23.3 Å². The minimum Gasteiger partial charge on any atom is -0.475 e. The van der Waals surface area contributed by atoms with Gasteiger partial charge in [-0.1, -0.05) is 30.3 Å². The van der Waals surface area contributed by atoms with Gasteiger partial charge in [0.05, 0.1) is 4.92 Å². The van der Waals surface area contributed by atoms with Gasteiger partial charge < -0.3 is 14.4 Å². The normalized spacial score (nSPS) is 13.6. The van der Waals surface area contributed by atoms with Crippen molar-refractivity contribution in [3.8, 4) is 5.75 Å². The number of fused-ring (bicyclic) bond motifs is 1. The summed E-state index contributed by atoms with van der Waals surface area (Å²) in [5.74, 6) is -1.13. The highest BCUT2D eigenvalue weighted by atomic mass is 16.6. The summed E-state index contributed by atoms with van der Waals surface area (Å²) in [5, 5.41) is 10.9. The first-order valence-electron chi connectivity index (χ1n) is 8.42. The van der Waals surface area contributed by atoms with Gasteiger partial charge in [0.1, 0.15) is 0 Å². The van der Waals surface area contributed by atoms with Crippen LogP contribution in [-0.2, 0) is 20.7 Å². The van der Waals surface area contributed by atoms with Crippen LogP contribution in [0.25, 0.3) is 0 Å². The molecule has 0 unspecified atom stereocenters. The second kappa shape index (κ2) is 7.86. The third-order valence-electron chi connectivity index (χ3n) is 4.22. The Balaban J connectivity index is 1.57. The summed E-state index contributed by atoms with van der Waals surface area (Å²) in [5.41, 5.74) is 1.65. The maximum Gasteiger partial charge on any atom is 0.344 e. The number of hydrogen-bond donors (Lipinski definition) is 0. The molecule has 0 radical (unpaired) electrons. The topological polar surface area (TPSA) is 99.0 Å². The van der Waals surface area contributed by atoms with Gasteiger partial charge in [-0.3, -0.25) is 14.9 Å². The van der Waals surface area contributed by atoms with Gasteiger partial charge in [0, 0.05) is 18.3 Å². The zero-order valence-electron chi connectivity index (χ0n) is 14.7. The average molecular weight is 370 g/mol. The first-order chi connectivity index (χ1) is 13.0. The maximum atomic E-state index is 12.6. The molecule has 2 aromatic rings. The van der Waals surface area contributed by atoms with Crippen molar-refractivity contribution in [1.82, 2.24) is 0 Å². The molecule has 1 atom stereocenters. The lowest BCUT2D eigenvalue weighted by atomic mass is 10.2. The number of carbonyl (C=O) groups is 2. The molecule has 1 heterocycles. The Hall–Kier alpha value is -3.42. The minimum absolute atomic E-state index is 0.0353. The summed E-state index contributed by atoms with van der Waals surface area (Å²) < 4.78 is 10.3. The molecule has 2 aromatic carbocycles. The molecule has 1 aliphatic heterocycles. The number of nitro benzene ring substituents is 1. The quantitative estimate of drug-likeness (QED) is 0.440. The number of amides is 1. The number of para-hydroxylation sites is 3. The van der Waals surface area contributed by atoms with Crippen molar-refractivity contribution in [3.63, 3.8) is 0 Å². The smallest absolute Gasteiger partial charge is 0.344 e. The Morgan fingerprint density at radius 2 is 1.89 bits per heavy atom. The number of esters is 1. The lowest BCUT2D eigenvalue weighted by Gasteiger charge is -2.21. The fraction of sp³-hybridized carbons (Fsp3) is 0.263. The van der Waals surface area contributed by atoms with Crippen LogP contribution in [0.2, 0.25) is 0 Å². The van der Waals surface area contributed by atoms with Gasteiger partial charge in [-0.05, 0) is 31.0 Å². The van der Waals surface area contributed by atoms with E-state index in [1.54, 1.807) is 11.0 Å². The monoisotopic (exact) mass is 370 g/mol. The maximum absolute atomic E-state index is 12.6. The zero-order chi connectivity index (χ0) is 19.4. The van der Waals surface area contributed by atoms with Gasteiger partial charge in [-0.2, -0.15) is 0 Å². The Labute approximate surface area is 155 Å². The molecule has 0 fully saturated rings. The third-order valence-corrected chi connectivity index (χ3v) is 4.22. The van der Waals surface area contributed by atoms with Crippen LogP contribution in [-0.4, -0.2) is 36.1 Å². The van der Waals surface area contributed by atoms with Gasteiger partial charge in [-0.15, -0.1) is 0 Å². The van der Waals surface area contributed by atoms with Gasteiger partial charge in [-0.25, -0.2) is 4.79 Å². The van der Waals surface area contributed by atoms with Gasteiger partial charge >= 0.3 is 11.7 Å². The Morgan fingerprint density at radius 3 is 2.67 bits per heavy atom. The molecule has 3 rings (SSSR count). The summed E-state index contributed by atoms with van der Waals surface area (Å²) in [6.07, 6.45) is -0.235. The first kappa shape index (κ1) is 18.4. The lowest BCUT2D eigenvalue weighted by molar-refractivity contribution is -0.385. The molecule has 8 heteroatoms. The highest BCUT2D eigenvalue weighted by Crippen LogP contribution is 2.28. The second-order valence-electron chi connectivity index (χ2n) is 6.01. The van der Waals surface area contributed by atoms with E-state index in [1.807, 2.05) is 24.3 Å². The number of rotatable bonds is 6. The summed E-state index contributed by atoms with van der Waals surface area (Å²) in [6.45, 7) is 1.50. The summed E-state index contributed by atoms with van der Waals surface area (Å²) in [7, 11) is 0. The molecular weight excluding hydrogens is 352 g/mol. The zero-order valence-corrected chi connectivity index (χ0v) is 14.7. The van der Waals surface area contributed by atoms with E-state index in [9.17, 15) is 19.7 Å². The molecule has 0 saturated carbocycles. The van der Waals surface area contributed by atoms with Crippen molar-refractivity contribution in [2.75, 3.05) is 18.1 Å². The van der Waals surface area contributed by atoms with Crippen molar-refractivity contribution in [2.24, 2.45) is 0 Å². The highest BCUT2D eigenvalue weighted by molar-refractivity contribution is 5.99. The van der Waals surface area contributed by atoms with Gasteiger partial charge in [0.25, 0.3) is 5.91 Å². The first-order valence-corrected chi connectivity index (χ1v) is 8.42. The molecule has 1 amide bonds. The average Bonchev–Trinajstić information content (AvgIpc) is 3.10. The van der Waals surface area contributed by atoms with Crippen molar-refractivity contribution in [3.05, 3.63) is 64.2 Å². The molecule has 0 aliphatic carbocycles. The number of hydrogen-bond acceptors (Lipinski definition) is 6. The predicted octanol–water partition coefficient (Wildman–Crippen LogP) is 2.49. The minimum atomic E-state index is -0.988. The van der Waals surface area contributed by atoms with E-state index in [0.29, 0.717) is 6.54 Å². The van der Waals surface area contributed by atoms with E-state index < -0.39 is 23.6 Å². The predicted molar refractivity (Wildman–Crippen MR) is 96.6 cm³/mol. The molecule has 140 valence electrons. The Bertz CT molecular complexity index is 882. The molecule has 0 saturated heterocycles. The largest absolute Gasteiger partial charge is 0.475 e. The van der Waals surface area contributed by atoms with Gasteiger partial charge in [0.2, 0.25) is 0 Å². The van der Waals surface area contributed by atoms with Crippen LogP contribution in [0, 0.1) is 10.1 Å². The Kier molecular flexibility index (Phi) is 5.35. The van der Waals surface area contributed by atoms with Crippen molar-refractivity contribution in [1.29, 1.82) is 0 Å². The van der Waals surface area contributed by atoms with Crippen LogP contribution < -0.4 is 9.64 Å². The molecule has 0 spiro atoms. The van der Waals surface area contributed by atoms with E-state index in [-0.39, 0.29) is 17.3 Å². The van der Waals surface area contributed by atoms with Crippen LogP contribution in [0.3, 0.4) is 0 Å². The number of benzene rings is 2. The second-order valence-corrected chi connectivity index (χ2v) is 6.01. The molecule has 0 bridgehead atoms. The lowest BCUT2D eigenvalue weighted by Crippen LogP contribution is -2.39. The van der Waals surface area contributed by atoms with E-state index in [0.717, 1.165) is 17.7 Å². The van der Waals surface area contributed by atoms with E-state index in [1.165, 1.54) is 25.1 Å². The SMILES string of the molecule is C[C@@H](OC(=O)COc1ccccc1[N+](=O)[O-])C(=O)N1CCc2ccccc21. The fourth-order valence-corrected chi connectivity index (χ4v) is 2.93. The molecule has 27 heavy (non-hydrogen) atoms. The molecular formula is C19H18N2O6. The van der Waals surface area contributed by atoms with Crippen LogP contribution in [0.4, 0.5) is 11.4 Å². The molecule has 0 aromatic heterocycles. The van der Waals surface area contributed by atoms with E-state index >= 15 is 0 Å². The summed E-state index contributed by atoms with van der Waals surface area (Å²) >= 11 is 0. The van der Waals surface area contributed by atoms with Crippen molar-refractivity contribution in [2.45, 2.75) is 19.4 Å². The standard InChI is InChI=1S/C19H18N2O6/c1-13(19(23)20-11-10-14-6-2-3-7-15(14)20)27-18(22)12-26-17-9-5-4-8-16(17)21(24)25/h2-9,13H,10-12H2,1H3/t13-/m1/s1. The third kappa shape index (κ3) is 4.05. The number of nitrogens with zero attached hydrogens (tertiary/aromatic N) is 2. The number of carbonyl (C=O) groups excluding carboxylic acids is 2. The molecule has 1 aliphatic rings. The van der Waals surface area contributed by atoms with Gasteiger partial charge in [0.15, 0.2) is 18.5 Å². The van der Waals surface area contributed by atoms with Crippen LogP contribution in [0.15, 0.2) is 48.5 Å². The van der Waals surface area contributed by atoms with Crippen LogP contribution >= 0.6 is 0 Å². The number of nitro groups is 1. The Morgan fingerprint density at radius 1 is 1.19 bits per heavy atom. The van der Waals surface area contributed by atoms with E-state index in [4.69, 9.17) is 9.47 Å². The summed E-state index contributed by atoms with van der Waals surface area (Å²) in [4.78, 5) is 36.5. The van der Waals surface area contributed by atoms with E-state index in [2.05, 4.69) is 0 Å². The highest BCUT2D eigenvalue weighted by Gasteiger charge is 2.29. The fourth-order valence-electron chi connectivity index (χ4n) is 2.93. The molecule has 0 N–H and O–H groups in total. The number of anilines is 1. The number of ether oxygens (including phenoxy) is 2. The summed E-state index contributed by atoms with van der Waals surface area (Å²) in [6, 6.07) is 13.3. The molecule has 8 nitrogen and oxygen atoms in total.